The third kappa shape index (κ3) is 4.21. The van der Waals surface area contributed by atoms with E-state index < -0.39 is 0 Å². The molecule has 17 heavy (non-hydrogen) atoms. The Balaban J connectivity index is 2.53. The first-order valence-corrected chi connectivity index (χ1v) is 6.79. The quantitative estimate of drug-likeness (QED) is 0.692. The van der Waals surface area contributed by atoms with Gasteiger partial charge < -0.3 is 15.2 Å². The number of nitrogens with one attached hydrogen (secondary N) is 1. The summed E-state index contributed by atoms with van der Waals surface area (Å²) in [5.74, 6) is 0. The number of aliphatic hydroxyl groups is 1. The van der Waals surface area contributed by atoms with E-state index in [1.54, 1.807) is 0 Å². The summed E-state index contributed by atoms with van der Waals surface area (Å²) in [7, 11) is 2.02. The van der Waals surface area contributed by atoms with Crippen molar-refractivity contribution in [1.82, 2.24) is 10.2 Å². The third-order valence-corrected chi connectivity index (χ3v) is 4.04. The second kappa shape index (κ2) is 7.31. The molecule has 4 heteroatoms. The highest BCUT2D eigenvalue weighted by Gasteiger charge is 2.30. The topological polar surface area (TPSA) is 44.7 Å². The smallest absolute Gasteiger partial charge is 0.0932 e. The van der Waals surface area contributed by atoms with Gasteiger partial charge in [-0.05, 0) is 25.3 Å². The van der Waals surface area contributed by atoms with E-state index >= 15 is 0 Å². The van der Waals surface area contributed by atoms with E-state index in [-0.39, 0.29) is 12.7 Å². The molecule has 0 radical (unpaired) electrons. The van der Waals surface area contributed by atoms with Crippen molar-refractivity contribution in [2.45, 2.75) is 32.8 Å². The second-order valence-corrected chi connectivity index (χ2v) is 5.15. The molecule has 1 atom stereocenters. The van der Waals surface area contributed by atoms with Gasteiger partial charge in [0, 0.05) is 26.2 Å². The van der Waals surface area contributed by atoms with Crippen LogP contribution in [0.2, 0.25) is 0 Å². The van der Waals surface area contributed by atoms with Crippen molar-refractivity contribution >= 4 is 0 Å². The van der Waals surface area contributed by atoms with Crippen LogP contribution in [0.1, 0.15) is 26.7 Å². The number of hydrogen-bond acceptors (Lipinski definition) is 4. The Morgan fingerprint density at radius 3 is 2.65 bits per heavy atom. The maximum Gasteiger partial charge on any atom is 0.0932 e. The molecule has 1 unspecified atom stereocenters. The highest BCUT2D eigenvalue weighted by atomic mass is 16.5. The van der Waals surface area contributed by atoms with Crippen LogP contribution in [0.4, 0.5) is 0 Å². The predicted octanol–water partition coefficient (Wildman–Crippen LogP) is 0.705. The molecular formula is C13H28N2O2. The lowest BCUT2D eigenvalue weighted by Gasteiger charge is -2.40. The molecule has 0 aliphatic carbocycles. The van der Waals surface area contributed by atoms with E-state index in [9.17, 15) is 0 Å². The van der Waals surface area contributed by atoms with Crippen molar-refractivity contribution < 1.29 is 9.84 Å². The van der Waals surface area contributed by atoms with Crippen LogP contribution in [0.15, 0.2) is 0 Å². The van der Waals surface area contributed by atoms with Crippen molar-refractivity contribution in [3.05, 3.63) is 0 Å². The highest BCUT2D eigenvalue weighted by molar-refractivity contribution is 4.84. The van der Waals surface area contributed by atoms with Gasteiger partial charge in [0.15, 0.2) is 0 Å². The molecule has 1 fully saturated rings. The molecule has 0 aromatic carbocycles. The lowest BCUT2D eigenvalue weighted by Crippen LogP contribution is -2.50. The highest BCUT2D eigenvalue weighted by Crippen LogP contribution is 2.27. The Labute approximate surface area is 105 Å². The van der Waals surface area contributed by atoms with Crippen molar-refractivity contribution in [2.75, 3.05) is 46.4 Å². The molecule has 1 rings (SSSR count). The average molecular weight is 244 g/mol. The fraction of sp³-hybridized carbons (Fsp3) is 1.00. The Bertz CT molecular complexity index is 208. The van der Waals surface area contributed by atoms with Crippen LogP contribution in [-0.4, -0.2) is 62.6 Å². The number of hydrogen-bond donors (Lipinski definition) is 2. The van der Waals surface area contributed by atoms with Crippen molar-refractivity contribution in [3.8, 4) is 0 Å². The van der Waals surface area contributed by atoms with Gasteiger partial charge in [0.1, 0.15) is 0 Å². The Morgan fingerprint density at radius 2 is 2.12 bits per heavy atom. The molecular weight excluding hydrogens is 216 g/mol. The van der Waals surface area contributed by atoms with E-state index in [1.807, 2.05) is 7.05 Å². The fourth-order valence-electron chi connectivity index (χ4n) is 2.66. The van der Waals surface area contributed by atoms with Crippen molar-refractivity contribution in [2.24, 2.45) is 5.41 Å². The van der Waals surface area contributed by atoms with Crippen LogP contribution in [0.3, 0.4) is 0 Å². The zero-order valence-corrected chi connectivity index (χ0v) is 11.5. The summed E-state index contributed by atoms with van der Waals surface area (Å²) in [5.41, 5.74) is 0.353. The van der Waals surface area contributed by atoms with Gasteiger partial charge in [-0.1, -0.05) is 13.8 Å². The molecule has 2 N–H and O–H groups in total. The Hall–Kier alpha value is -0.160. The maximum absolute atomic E-state index is 9.16. The third-order valence-electron chi connectivity index (χ3n) is 4.04. The monoisotopic (exact) mass is 244 g/mol. The van der Waals surface area contributed by atoms with Crippen LogP contribution in [0.25, 0.3) is 0 Å². The van der Waals surface area contributed by atoms with Crippen LogP contribution < -0.4 is 5.32 Å². The van der Waals surface area contributed by atoms with Gasteiger partial charge in [0.05, 0.1) is 19.3 Å². The average Bonchev–Trinajstić information content (AvgIpc) is 2.38. The summed E-state index contributed by atoms with van der Waals surface area (Å²) < 4.78 is 5.49. The molecule has 1 aliphatic heterocycles. The summed E-state index contributed by atoms with van der Waals surface area (Å²) in [4.78, 5) is 2.44. The minimum atomic E-state index is 0.00440. The van der Waals surface area contributed by atoms with Gasteiger partial charge in [-0.15, -0.1) is 0 Å². The van der Waals surface area contributed by atoms with Gasteiger partial charge in [-0.3, -0.25) is 4.90 Å². The van der Waals surface area contributed by atoms with Crippen molar-refractivity contribution in [1.29, 1.82) is 0 Å². The summed E-state index contributed by atoms with van der Waals surface area (Å²) in [5, 5.41) is 12.5. The van der Waals surface area contributed by atoms with Crippen LogP contribution in [0.5, 0.6) is 0 Å². The summed E-state index contributed by atoms with van der Waals surface area (Å²) in [6, 6.07) is 0. The first kappa shape index (κ1) is 14.9. The SMILES string of the molecule is CCC(CC)(CNC)CN1CCOC(CO)C1. The lowest BCUT2D eigenvalue weighted by molar-refractivity contribution is -0.0632. The molecule has 0 aromatic rings. The fourth-order valence-corrected chi connectivity index (χ4v) is 2.66. The number of aliphatic hydroxyl groups excluding tert-OH is 1. The minimum absolute atomic E-state index is 0.00440. The molecule has 0 spiro atoms. The van der Waals surface area contributed by atoms with E-state index in [0.29, 0.717) is 5.41 Å². The Kier molecular flexibility index (Phi) is 6.41. The number of nitrogens with zero attached hydrogens (tertiary/aromatic N) is 1. The molecule has 4 nitrogen and oxygen atoms in total. The number of morpholine rings is 1. The van der Waals surface area contributed by atoms with Gasteiger partial charge in [0.25, 0.3) is 0 Å². The van der Waals surface area contributed by atoms with E-state index in [4.69, 9.17) is 9.84 Å². The molecule has 0 saturated carbocycles. The zero-order valence-electron chi connectivity index (χ0n) is 11.5. The van der Waals surface area contributed by atoms with Crippen LogP contribution in [-0.2, 0) is 4.74 Å². The zero-order chi connectivity index (χ0) is 12.7. The van der Waals surface area contributed by atoms with Gasteiger partial charge in [-0.25, -0.2) is 0 Å². The van der Waals surface area contributed by atoms with E-state index in [2.05, 4.69) is 24.1 Å². The molecule has 1 aliphatic rings. The molecule has 102 valence electrons. The maximum atomic E-state index is 9.16. The Morgan fingerprint density at radius 1 is 1.41 bits per heavy atom. The van der Waals surface area contributed by atoms with Gasteiger partial charge in [-0.2, -0.15) is 0 Å². The first-order valence-electron chi connectivity index (χ1n) is 6.79. The second-order valence-electron chi connectivity index (χ2n) is 5.15. The minimum Gasteiger partial charge on any atom is -0.394 e. The lowest BCUT2D eigenvalue weighted by atomic mass is 9.81. The first-order chi connectivity index (χ1) is 8.19. The molecule has 0 bridgehead atoms. The van der Waals surface area contributed by atoms with Crippen LogP contribution in [0, 0.1) is 5.41 Å². The summed E-state index contributed by atoms with van der Waals surface area (Å²) in [6.45, 7) is 9.42. The molecule has 0 amide bonds. The number of ether oxygens (including phenoxy) is 1. The summed E-state index contributed by atoms with van der Waals surface area (Å²) in [6.07, 6.45) is 2.38. The standard InChI is InChI=1S/C13H28N2O2/c1-4-13(5-2,10-14-3)11-15-6-7-17-12(8-15)9-16/h12,14,16H,4-11H2,1-3H3. The normalized spacial score (nSPS) is 22.9. The molecule has 1 heterocycles. The molecule has 0 aromatic heterocycles. The predicted molar refractivity (Wildman–Crippen MR) is 70.2 cm³/mol. The van der Waals surface area contributed by atoms with Gasteiger partial charge in [0.2, 0.25) is 0 Å². The number of rotatable bonds is 7. The molecule has 1 saturated heterocycles. The van der Waals surface area contributed by atoms with E-state index in [0.717, 1.165) is 32.8 Å². The van der Waals surface area contributed by atoms with E-state index in [1.165, 1.54) is 12.8 Å². The largest absolute Gasteiger partial charge is 0.394 e. The van der Waals surface area contributed by atoms with Crippen molar-refractivity contribution in [3.63, 3.8) is 0 Å². The van der Waals surface area contributed by atoms with Crippen LogP contribution >= 0.6 is 0 Å². The summed E-state index contributed by atoms with van der Waals surface area (Å²) >= 11 is 0. The van der Waals surface area contributed by atoms with Gasteiger partial charge >= 0.3 is 0 Å².